The van der Waals surface area contributed by atoms with Gasteiger partial charge in [-0.2, -0.15) is 0 Å². The number of hydrogen-bond donors (Lipinski definition) is 1. The number of amides is 2. The first kappa shape index (κ1) is 13.7. The van der Waals surface area contributed by atoms with E-state index in [4.69, 9.17) is 17.3 Å². The second kappa shape index (κ2) is 5.27. The molecule has 1 atom stereocenters. The van der Waals surface area contributed by atoms with Gasteiger partial charge in [0.25, 0.3) is 11.8 Å². The smallest absolute Gasteiger partial charge is 0.261 e. The number of rotatable bonds is 3. The molecule has 0 saturated heterocycles. The van der Waals surface area contributed by atoms with Crippen molar-refractivity contribution < 1.29 is 9.59 Å². The van der Waals surface area contributed by atoms with Gasteiger partial charge in [0.05, 0.1) is 11.1 Å². The van der Waals surface area contributed by atoms with E-state index in [1.54, 1.807) is 42.6 Å². The fourth-order valence-corrected chi connectivity index (χ4v) is 2.43. The second-order valence-electron chi connectivity index (χ2n) is 4.79. The van der Waals surface area contributed by atoms with Crippen LogP contribution in [0.3, 0.4) is 0 Å². The van der Waals surface area contributed by atoms with E-state index in [-0.39, 0.29) is 18.4 Å². The maximum atomic E-state index is 12.2. The fourth-order valence-electron chi connectivity index (χ4n) is 2.31. The van der Waals surface area contributed by atoms with Crippen LogP contribution < -0.4 is 5.73 Å². The molecular weight excluding hydrogens is 290 g/mol. The number of halogens is 1. The van der Waals surface area contributed by atoms with Crippen molar-refractivity contribution >= 4 is 23.4 Å². The van der Waals surface area contributed by atoms with Crippen LogP contribution in [0, 0.1) is 0 Å². The third-order valence-corrected chi connectivity index (χ3v) is 3.66. The van der Waals surface area contributed by atoms with Gasteiger partial charge in [0, 0.05) is 18.8 Å². The maximum Gasteiger partial charge on any atom is 0.261 e. The highest BCUT2D eigenvalue weighted by Gasteiger charge is 2.35. The van der Waals surface area contributed by atoms with E-state index in [1.165, 1.54) is 4.90 Å². The molecule has 2 heterocycles. The van der Waals surface area contributed by atoms with Gasteiger partial charge in [0.2, 0.25) is 0 Å². The number of pyridine rings is 1. The predicted octanol–water partition coefficient (Wildman–Crippen LogP) is 2.03. The molecule has 2 amide bonds. The Morgan fingerprint density at radius 2 is 1.71 bits per heavy atom. The molecule has 5 nitrogen and oxygen atoms in total. The Bertz CT molecular complexity index is 680. The minimum atomic E-state index is -0.503. The first-order valence-electron chi connectivity index (χ1n) is 6.40. The number of imide groups is 1. The molecule has 106 valence electrons. The summed E-state index contributed by atoms with van der Waals surface area (Å²) in [4.78, 5) is 29.6. The van der Waals surface area contributed by atoms with Crippen LogP contribution in [0.5, 0.6) is 0 Å². The molecule has 0 aliphatic carbocycles. The van der Waals surface area contributed by atoms with Crippen molar-refractivity contribution in [2.45, 2.75) is 6.04 Å². The lowest BCUT2D eigenvalue weighted by atomic mass is 10.1. The molecule has 0 saturated carbocycles. The maximum absolute atomic E-state index is 12.2. The lowest BCUT2D eigenvalue weighted by Gasteiger charge is -2.19. The monoisotopic (exact) mass is 301 g/mol. The van der Waals surface area contributed by atoms with Gasteiger partial charge in [-0.1, -0.05) is 29.8 Å². The standard InChI is InChI=1S/C15H12ClN3O2/c16-13-6-5-9(7-18-13)12(17)8-19-14(20)10-3-1-2-4-11(10)15(19)21/h1-7,12H,8,17H2. The highest BCUT2D eigenvalue weighted by Crippen LogP contribution is 2.24. The fraction of sp³-hybridized carbons (Fsp3) is 0.133. The quantitative estimate of drug-likeness (QED) is 0.695. The van der Waals surface area contributed by atoms with Crippen molar-refractivity contribution in [1.82, 2.24) is 9.88 Å². The third kappa shape index (κ3) is 2.41. The molecular formula is C15H12ClN3O2. The van der Waals surface area contributed by atoms with E-state index in [1.807, 2.05) is 0 Å². The zero-order valence-corrected chi connectivity index (χ0v) is 11.7. The normalized spacial score (nSPS) is 15.2. The van der Waals surface area contributed by atoms with Gasteiger partial charge in [0.15, 0.2) is 0 Å². The summed E-state index contributed by atoms with van der Waals surface area (Å²) in [6, 6.07) is 9.61. The molecule has 1 aromatic carbocycles. The number of nitrogens with two attached hydrogens (primary N) is 1. The Balaban J connectivity index is 1.82. The number of fused-ring (bicyclic) bond motifs is 1. The van der Waals surface area contributed by atoms with Crippen LogP contribution in [0.2, 0.25) is 5.15 Å². The molecule has 1 unspecified atom stereocenters. The van der Waals surface area contributed by atoms with Gasteiger partial charge in [-0.3, -0.25) is 14.5 Å². The molecule has 2 aromatic rings. The van der Waals surface area contributed by atoms with Gasteiger partial charge >= 0.3 is 0 Å². The largest absolute Gasteiger partial charge is 0.322 e. The Morgan fingerprint density at radius 3 is 2.24 bits per heavy atom. The van der Waals surface area contributed by atoms with Crippen LogP contribution >= 0.6 is 11.6 Å². The summed E-state index contributed by atoms with van der Waals surface area (Å²) < 4.78 is 0. The minimum Gasteiger partial charge on any atom is -0.322 e. The third-order valence-electron chi connectivity index (χ3n) is 3.44. The van der Waals surface area contributed by atoms with Crippen LogP contribution in [0.1, 0.15) is 32.3 Å². The van der Waals surface area contributed by atoms with Crippen LogP contribution in [0.4, 0.5) is 0 Å². The Kier molecular flexibility index (Phi) is 3.45. The molecule has 0 fully saturated rings. The summed E-state index contributed by atoms with van der Waals surface area (Å²) in [5, 5.41) is 0.367. The Hall–Kier alpha value is -2.24. The van der Waals surface area contributed by atoms with E-state index in [2.05, 4.69) is 4.98 Å². The summed E-state index contributed by atoms with van der Waals surface area (Å²) in [5.74, 6) is -0.624. The number of aromatic nitrogens is 1. The highest BCUT2D eigenvalue weighted by atomic mass is 35.5. The molecule has 0 radical (unpaired) electrons. The van der Waals surface area contributed by atoms with Gasteiger partial charge in [-0.25, -0.2) is 4.98 Å². The SMILES string of the molecule is NC(CN1C(=O)c2ccccc2C1=O)c1ccc(Cl)nc1. The van der Waals surface area contributed by atoms with Crippen LogP contribution in [-0.4, -0.2) is 28.2 Å². The lowest BCUT2D eigenvalue weighted by Crippen LogP contribution is -2.36. The van der Waals surface area contributed by atoms with Crippen LogP contribution in [0.15, 0.2) is 42.6 Å². The van der Waals surface area contributed by atoms with Gasteiger partial charge < -0.3 is 5.73 Å². The summed E-state index contributed by atoms with van der Waals surface area (Å²) >= 11 is 5.72. The average molecular weight is 302 g/mol. The van der Waals surface area contributed by atoms with Gasteiger partial charge in [-0.15, -0.1) is 0 Å². The second-order valence-corrected chi connectivity index (χ2v) is 5.17. The zero-order valence-electron chi connectivity index (χ0n) is 11.0. The summed E-state index contributed by atoms with van der Waals surface area (Å²) in [6.07, 6.45) is 1.55. The molecule has 1 aromatic heterocycles. The van der Waals surface area contributed by atoms with Crippen molar-refractivity contribution in [3.05, 3.63) is 64.4 Å². The first-order chi connectivity index (χ1) is 10.1. The lowest BCUT2D eigenvalue weighted by molar-refractivity contribution is 0.0644. The summed E-state index contributed by atoms with van der Waals surface area (Å²) in [5.41, 5.74) is 7.61. The van der Waals surface area contributed by atoms with Gasteiger partial charge in [-0.05, 0) is 23.8 Å². The molecule has 6 heteroatoms. The van der Waals surface area contributed by atoms with Gasteiger partial charge in [0.1, 0.15) is 5.15 Å². The minimum absolute atomic E-state index is 0.107. The van der Waals surface area contributed by atoms with E-state index in [9.17, 15) is 9.59 Å². The van der Waals surface area contributed by atoms with Crippen molar-refractivity contribution in [3.8, 4) is 0 Å². The zero-order chi connectivity index (χ0) is 15.0. The number of nitrogens with zero attached hydrogens (tertiary/aromatic N) is 2. The topological polar surface area (TPSA) is 76.3 Å². The van der Waals surface area contributed by atoms with E-state index < -0.39 is 6.04 Å². The molecule has 2 N–H and O–H groups in total. The predicted molar refractivity (Wildman–Crippen MR) is 78.0 cm³/mol. The van der Waals surface area contributed by atoms with Crippen molar-refractivity contribution in [3.63, 3.8) is 0 Å². The van der Waals surface area contributed by atoms with E-state index in [0.29, 0.717) is 16.3 Å². The molecule has 0 bridgehead atoms. The van der Waals surface area contributed by atoms with E-state index >= 15 is 0 Å². The number of carbonyl (C=O) groups excluding carboxylic acids is 2. The Labute approximate surface area is 126 Å². The number of benzene rings is 1. The molecule has 3 rings (SSSR count). The van der Waals surface area contributed by atoms with Crippen molar-refractivity contribution in [2.24, 2.45) is 5.73 Å². The molecule has 0 spiro atoms. The van der Waals surface area contributed by atoms with Crippen LogP contribution in [-0.2, 0) is 0 Å². The van der Waals surface area contributed by atoms with E-state index in [0.717, 1.165) is 5.56 Å². The highest BCUT2D eigenvalue weighted by molar-refractivity contribution is 6.29. The Morgan fingerprint density at radius 1 is 1.10 bits per heavy atom. The average Bonchev–Trinajstić information content (AvgIpc) is 2.73. The summed E-state index contributed by atoms with van der Waals surface area (Å²) in [7, 11) is 0. The van der Waals surface area contributed by atoms with Crippen molar-refractivity contribution in [2.75, 3.05) is 6.54 Å². The molecule has 21 heavy (non-hydrogen) atoms. The number of carbonyl (C=O) groups is 2. The molecule has 1 aliphatic heterocycles. The van der Waals surface area contributed by atoms with Crippen molar-refractivity contribution in [1.29, 1.82) is 0 Å². The number of hydrogen-bond acceptors (Lipinski definition) is 4. The summed E-state index contributed by atoms with van der Waals surface area (Å²) in [6.45, 7) is 0.107. The molecule has 1 aliphatic rings. The first-order valence-corrected chi connectivity index (χ1v) is 6.78. The van der Waals surface area contributed by atoms with Crippen LogP contribution in [0.25, 0.3) is 0 Å².